The number of rotatable bonds is 8. The Hall–Kier alpha value is -0.620. The monoisotopic (exact) mass is 338 g/mol. The minimum Gasteiger partial charge on any atom is -1.00 e. The third-order valence-electron chi connectivity index (χ3n) is 2.17. The molecule has 0 unspecified atom stereocenters. The molecule has 0 aliphatic rings. The molecule has 0 spiro atoms. The zero-order valence-corrected chi connectivity index (χ0v) is 13.3. The van der Waals surface area contributed by atoms with Crippen LogP contribution in [0, 0.1) is 0 Å². The third kappa shape index (κ3) is 9.41. The number of ketones is 1. The largest absolute Gasteiger partial charge is 1.00 e. The van der Waals surface area contributed by atoms with Crippen LogP contribution in [0.15, 0.2) is 4.99 Å². The number of esters is 1. The second kappa shape index (κ2) is 10.3. The molecule has 0 N–H and O–H groups in total. The highest BCUT2D eigenvalue weighted by Crippen LogP contribution is 2.00. The highest BCUT2D eigenvalue weighted by molar-refractivity contribution is 7.78. The molecule has 18 heavy (non-hydrogen) atoms. The number of isothiocyanates is 1. The van der Waals surface area contributed by atoms with Crippen LogP contribution in [0.1, 0.15) is 13.3 Å². The molecular formula is C11H19BrN2O3S. The van der Waals surface area contributed by atoms with Crippen molar-refractivity contribution in [2.45, 2.75) is 13.3 Å². The molecule has 104 valence electrons. The van der Waals surface area contributed by atoms with Crippen LogP contribution in [0.5, 0.6) is 0 Å². The van der Waals surface area contributed by atoms with Crippen molar-refractivity contribution in [3.8, 4) is 0 Å². The number of hydrogen-bond acceptors (Lipinski definition) is 5. The van der Waals surface area contributed by atoms with Crippen LogP contribution in [0.3, 0.4) is 0 Å². The zero-order valence-electron chi connectivity index (χ0n) is 10.9. The van der Waals surface area contributed by atoms with Gasteiger partial charge in [-0.15, -0.1) is 0 Å². The van der Waals surface area contributed by atoms with E-state index >= 15 is 0 Å². The second-order valence-electron chi connectivity index (χ2n) is 4.29. The predicted molar refractivity (Wildman–Crippen MR) is 68.0 cm³/mol. The van der Waals surface area contributed by atoms with Crippen molar-refractivity contribution >= 4 is 29.1 Å². The predicted octanol–water partition coefficient (Wildman–Crippen LogP) is -2.31. The van der Waals surface area contributed by atoms with Gasteiger partial charge in [-0.3, -0.25) is 4.79 Å². The van der Waals surface area contributed by atoms with Crippen LogP contribution in [0.2, 0.25) is 0 Å². The fourth-order valence-corrected chi connectivity index (χ4v) is 1.46. The van der Waals surface area contributed by atoms with E-state index in [1.807, 2.05) is 14.1 Å². The number of nitrogens with zero attached hydrogens (tertiary/aromatic N) is 2. The molecule has 0 aromatic carbocycles. The Kier molecular flexibility index (Phi) is 11.3. The molecule has 7 heteroatoms. The van der Waals surface area contributed by atoms with Crippen LogP contribution < -0.4 is 17.0 Å². The minimum atomic E-state index is -0.754. The molecule has 0 rings (SSSR count). The van der Waals surface area contributed by atoms with E-state index in [1.165, 1.54) is 0 Å². The quantitative estimate of drug-likeness (QED) is 0.125. The highest BCUT2D eigenvalue weighted by Gasteiger charge is 2.25. The lowest BCUT2D eigenvalue weighted by Gasteiger charge is -2.28. The molecule has 0 amide bonds. The highest BCUT2D eigenvalue weighted by atomic mass is 79.9. The Morgan fingerprint density at radius 3 is 2.50 bits per heavy atom. The number of quaternary nitrogens is 1. The van der Waals surface area contributed by atoms with E-state index in [2.05, 4.69) is 27.1 Å². The average molecular weight is 339 g/mol. The van der Waals surface area contributed by atoms with Crippen LogP contribution in [-0.4, -0.2) is 61.7 Å². The maximum Gasteiger partial charge on any atom is 0.380 e. The van der Waals surface area contributed by atoms with E-state index in [-0.39, 0.29) is 30.1 Å². The number of carbonyl (C=O) groups excluding carboxylic acids is 2. The number of carbonyl (C=O) groups is 2. The molecule has 0 atom stereocenters. The Morgan fingerprint density at radius 2 is 2.00 bits per heavy atom. The van der Waals surface area contributed by atoms with Gasteiger partial charge in [0.25, 0.3) is 5.78 Å². The fourth-order valence-electron chi connectivity index (χ4n) is 1.37. The fraction of sp³-hybridized carbons (Fsp3) is 0.727. The topological polar surface area (TPSA) is 55.7 Å². The van der Waals surface area contributed by atoms with Crippen molar-refractivity contribution in [3.63, 3.8) is 0 Å². The Balaban J connectivity index is 0. The molecule has 0 aliphatic carbocycles. The molecule has 0 aliphatic heterocycles. The van der Waals surface area contributed by atoms with Gasteiger partial charge in [0.15, 0.2) is 0 Å². The summed E-state index contributed by atoms with van der Waals surface area (Å²) in [4.78, 5) is 26.5. The Bertz CT molecular complexity index is 328. The summed E-state index contributed by atoms with van der Waals surface area (Å²) in [7, 11) is 3.77. The number of halogens is 1. The molecule has 0 saturated carbocycles. The lowest BCUT2D eigenvalue weighted by molar-refractivity contribution is -0.882. The van der Waals surface area contributed by atoms with Crippen molar-refractivity contribution in [1.29, 1.82) is 0 Å². The Morgan fingerprint density at radius 1 is 1.39 bits per heavy atom. The molecule has 5 nitrogen and oxygen atoms in total. The first-order valence-corrected chi connectivity index (χ1v) is 5.89. The molecule has 0 bridgehead atoms. The van der Waals surface area contributed by atoms with E-state index in [9.17, 15) is 9.59 Å². The van der Waals surface area contributed by atoms with Crippen molar-refractivity contribution in [2.24, 2.45) is 4.99 Å². The van der Waals surface area contributed by atoms with Gasteiger partial charge in [0.05, 0.1) is 39.0 Å². The van der Waals surface area contributed by atoms with Crippen LogP contribution in [0.25, 0.3) is 0 Å². The second-order valence-corrected chi connectivity index (χ2v) is 4.47. The van der Waals surface area contributed by atoms with E-state index in [1.54, 1.807) is 6.92 Å². The van der Waals surface area contributed by atoms with Crippen molar-refractivity contribution < 1.29 is 35.8 Å². The average Bonchev–Trinajstić information content (AvgIpc) is 2.24. The smallest absolute Gasteiger partial charge is 0.380 e. The first-order chi connectivity index (χ1) is 7.93. The van der Waals surface area contributed by atoms with Gasteiger partial charge < -0.3 is 26.2 Å². The maximum atomic E-state index is 11.5. The zero-order chi connectivity index (χ0) is 13.3. The van der Waals surface area contributed by atoms with Crippen molar-refractivity contribution in [3.05, 3.63) is 0 Å². The molecule has 0 aromatic heterocycles. The molecule has 0 fully saturated rings. The first kappa shape index (κ1) is 19.7. The van der Waals surface area contributed by atoms with Gasteiger partial charge in [-0.25, -0.2) is 9.79 Å². The van der Waals surface area contributed by atoms with Gasteiger partial charge in [0.1, 0.15) is 6.54 Å². The molecular weight excluding hydrogens is 320 g/mol. The summed E-state index contributed by atoms with van der Waals surface area (Å²) in [6.07, 6.45) is 0.798. The first-order valence-electron chi connectivity index (χ1n) is 5.48. The van der Waals surface area contributed by atoms with Gasteiger partial charge in [-0.05, 0) is 19.1 Å². The van der Waals surface area contributed by atoms with Gasteiger partial charge in [-0.2, -0.15) is 0 Å². The summed E-state index contributed by atoms with van der Waals surface area (Å²) in [5.41, 5.74) is 0. The van der Waals surface area contributed by atoms with E-state index < -0.39 is 11.8 Å². The van der Waals surface area contributed by atoms with Crippen LogP contribution >= 0.6 is 12.2 Å². The molecule has 0 saturated heterocycles. The van der Waals surface area contributed by atoms with Gasteiger partial charge in [0, 0.05) is 6.42 Å². The van der Waals surface area contributed by atoms with Gasteiger partial charge in [0.2, 0.25) is 0 Å². The van der Waals surface area contributed by atoms with Gasteiger partial charge in [-0.1, -0.05) is 0 Å². The summed E-state index contributed by atoms with van der Waals surface area (Å²) >= 11 is 4.45. The number of aliphatic imine (C=N–C) groups is 1. The maximum absolute atomic E-state index is 11.5. The molecule has 0 aromatic rings. The van der Waals surface area contributed by atoms with Crippen LogP contribution in [0.4, 0.5) is 0 Å². The number of ether oxygens (including phenoxy) is 1. The molecule has 0 heterocycles. The molecule has 0 radical (unpaired) electrons. The van der Waals surface area contributed by atoms with Crippen molar-refractivity contribution in [2.75, 3.05) is 40.3 Å². The summed E-state index contributed by atoms with van der Waals surface area (Å²) in [5, 5.41) is 2.29. The van der Waals surface area contributed by atoms with Gasteiger partial charge >= 0.3 is 5.97 Å². The Labute approximate surface area is 124 Å². The standard InChI is InChI=1S/C11H19N2O3S.BrH/c1-4-16-11(15)10(14)8-13(2,3)7-5-6-12-9-17;/h4-8H2,1-3H3;1H/q+1;/p-1. The summed E-state index contributed by atoms with van der Waals surface area (Å²) in [5.74, 6) is -1.24. The SMILES string of the molecule is CCOC(=O)C(=O)C[N+](C)(C)CCCN=C=S.[Br-]. The summed E-state index contributed by atoms with van der Waals surface area (Å²) < 4.78 is 5.09. The lowest BCUT2D eigenvalue weighted by Crippen LogP contribution is -3.00. The normalized spacial score (nSPS) is 9.94. The number of Topliss-reactive ketones (excluding diaryl/α,β-unsaturated/α-hetero) is 1. The summed E-state index contributed by atoms with van der Waals surface area (Å²) in [6, 6.07) is 0. The third-order valence-corrected chi connectivity index (χ3v) is 2.30. The van der Waals surface area contributed by atoms with Crippen LogP contribution in [-0.2, 0) is 14.3 Å². The van der Waals surface area contributed by atoms with E-state index in [4.69, 9.17) is 0 Å². The number of hydrogen-bond donors (Lipinski definition) is 0. The van der Waals surface area contributed by atoms with E-state index in [0.29, 0.717) is 11.0 Å². The van der Waals surface area contributed by atoms with Crippen molar-refractivity contribution in [1.82, 2.24) is 0 Å². The van der Waals surface area contributed by atoms with E-state index in [0.717, 1.165) is 13.0 Å². The minimum absolute atomic E-state index is 0. The lowest BCUT2D eigenvalue weighted by atomic mass is 10.3. The number of likely N-dealkylation sites (N-methyl/N-ethyl adjacent to an activating group) is 1. The number of thiocarbonyl (C=S) groups is 1. The summed E-state index contributed by atoms with van der Waals surface area (Å²) in [6.45, 7) is 3.38.